The topological polar surface area (TPSA) is 35.5 Å². The first-order valence-corrected chi connectivity index (χ1v) is 6.28. The second-order valence-corrected chi connectivity index (χ2v) is 5.25. The smallest absolute Gasteiger partial charge is 0.115 e. The third-order valence-electron chi connectivity index (χ3n) is 3.93. The zero-order chi connectivity index (χ0) is 12.3. The Morgan fingerprint density at radius 2 is 2.12 bits per heavy atom. The van der Waals surface area contributed by atoms with Gasteiger partial charge in [-0.1, -0.05) is 12.1 Å². The second kappa shape index (κ2) is 5.07. The lowest BCUT2D eigenvalue weighted by Gasteiger charge is -2.47. The van der Waals surface area contributed by atoms with E-state index in [0.717, 1.165) is 18.7 Å². The van der Waals surface area contributed by atoms with Crippen LogP contribution < -0.4 is 5.32 Å². The van der Waals surface area contributed by atoms with E-state index in [1.54, 1.807) is 6.07 Å². The van der Waals surface area contributed by atoms with Gasteiger partial charge in [-0.15, -0.1) is 0 Å². The molecule has 2 rings (SSSR count). The lowest BCUT2D eigenvalue weighted by molar-refractivity contribution is 0.0598. The lowest BCUT2D eigenvalue weighted by Crippen LogP contribution is -2.56. The molecule has 1 aromatic rings. The highest BCUT2D eigenvalue weighted by Gasteiger charge is 2.38. The van der Waals surface area contributed by atoms with Crippen molar-refractivity contribution in [2.75, 3.05) is 20.6 Å². The normalized spacial score (nSPS) is 18.1. The van der Waals surface area contributed by atoms with Crippen molar-refractivity contribution in [2.24, 2.45) is 0 Å². The molecule has 1 fully saturated rings. The molecule has 0 atom stereocenters. The third-order valence-corrected chi connectivity index (χ3v) is 3.93. The number of phenols is 1. The first kappa shape index (κ1) is 12.4. The van der Waals surface area contributed by atoms with E-state index < -0.39 is 0 Å². The second-order valence-electron chi connectivity index (χ2n) is 5.25. The minimum Gasteiger partial charge on any atom is -0.508 e. The summed E-state index contributed by atoms with van der Waals surface area (Å²) in [6.45, 7) is 1.85. The van der Waals surface area contributed by atoms with Gasteiger partial charge in [-0.25, -0.2) is 0 Å². The average Bonchev–Trinajstić information content (AvgIpc) is 2.21. The Hall–Kier alpha value is -1.06. The maximum absolute atomic E-state index is 9.38. The lowest BCUT2D eigenvalue weighted by atomic mass is 9.75. The van der Waals surface area contributed by atoms with Crippen LogP contribution in [0.1, 0.15) is 24.8 Å². The van der Waals surface area contributed by atoms with E-state index in [2.05, 4.69) is 24.3 Å². The summed E-state index contributed by atoms with van der Waals surface area (Å²) in [4.78, 5) is 2.34. The van der Waals surface area contributed by atoms with Gasteiger partial charge in [0.15, 0.2) is 0 Å². The van der Waals surface area contributed by atoms with Gasteiger partial charge in [-0.2, -0.15) is 0 Å². The summed E-state index contributed by atoms with van der Waals surface area (Å²) in [6.07, 6.45) is 3.91. The molecule has 1 aliphatic carbocycles. The summed E-state index contributed by atoms with van der Waals surface area (Å²) >= 11 is 0. The number of rotatable bonds is 5. The molecule has 0 saturated heterocycles. The van der Waals surface area contributed by atoms with E-state index in [0.29, 0.717) is 11.3 Å². The van der Waals surface area contributed by atoms with Crippen molar-refractivity contribution in [2.45, 2.75) is 31.3 Å². The molecule has 0 spiro atoms. The highest BCUT2D eigenvalue weighted by atomic mass is 16.3. The van der Waals surface area contributed by atoms with E-state index in [4.69, 9.17) is 0 Å². The predicted molar refractivity (Wildman–Crippen MR) is 70.1 cm³/mol. The SMILES string of the molecule is CN(C)C1(CNCc2cccc(O)c2)CCC1. The molecule has 2 N–H and O–H groups in total. The van der Waals surface area contributed by atoms with Crippen LogP contribution in [-0.4, -0.2) is 36.2 Å². The fourth-order valence-corrected chi connectivity index (χ4v) is 2.47. The van der Waals surface area contributed by atoms with Gasteiger partial charge < -0.3 is 15.3 Å². The van der Waals surface area contributed by atoms with Crippen molar-refractivity contribution in [1.82, 2.24) is 10.2 Å². The van der Waals surface area contributed by atoms with Crippen LogP contribution in [0.3, 0.4) is 0 Å². The molecule has 3 nitrogen and oxygen atoms in total. The molecule has 0 aromatic heterocycles. The zero-order valence-corrected chi connectivity index (χ0v) is 10.7. The van der Waals surface area contributed by atoms with Crippen molar-refractivity contribution in [3.63, 3.8) is 0 Å². The monoisotopic (exact) mass is 234 g/mol. The van der Waals surface area contributed by atoms with E-state index in [1.165, 1.54) is 19.3 Å². The summed E-state index contributed by atoms with van der Waals surface area (Å²) in [5.74, 6) is 0.343. The van der Waals surface area contributed by atoms with Crippen LogP contribution in [0.15, 0.2) is 24.3 Å². The number of likely N-dealkylation sites (N-methyl/N-ethyl adjacent to an activating group) is 1. The third kappa shape index (κ3) is 2.79. The predicted octanol–water partition coefficient (Wildman–Crippen LogP) is 1.97. The van der Waals surface area contributed by atoms with Gasteiger partial charge in [-0.3, -0.25) is 0 Å². The van der Waals surface area contributed by atoms with Gasteiger partial charge in [0.05, 0.1) is 0 Å². The summed E-state index contributed by atoms with van der Waals surface area (Å²) in [7, 11) is 4.32. The van der Waals surface area contributed by atoms with Gasteiger partial charge in [-0.05, 0) is 51.1 Å². The Bertz CT molecular complexity index is 372. The largest absolute Gasteiger partial charge is 0.508 e. The minimum absolute atomic E-state index is 0.343. The number of hydrogen-bond acceptors (Lipinski definition) is 3. The van der Waals surface area contributed by atoms with Crippen LogP contribution in [-0.2, 0) is 6.54 Å². The summed E-state index contributed by atoms with van der Waals surface area (Å²) in [5.41, 5.74) is 1.50. The van der Waals surface area contributed by atoms with Crippen LogP contribution in [0, 0.1) is 0 Å². The number of aromatic hydroxyl groups is 1. The first-order valence-electron chi connectivity index (χ1n) is 6.28. The van der Waals surface area contributed by atoms with Gasteiger partial charge >= 0.3 is 0 Å². The molecule has 0 unspecified atom stereocenters. The summed E-state index contributed by atoms with van der Waals surface area (Å²) in [5, 5.41) is 12.9. The van der Waals surface area contributed by atoms with Gasteiger partial charge in [0, 0.05) is 18.6 Å². The maximum atomic E-state index is 9.38. The van der Waals surface area contributed by atoms with E-state index >= 15 is 0 Å². The highest BCUT2D eigenvalue weighted by Crippen LogP contribution is 2.35. The Labute approximate surface area is 103 Å². The quantitative estimate of drug-likeness (QED) is 0.817. The van der Waals surface area contributed by atoms with Gasteiger partial charge in [0.25, 0.3) is 0 Å². The Kier molecular flexibility index (Phi) is 3.69. The minimum atomic E-state index is 0.343. The average molecular weight is 234 g/mol. The molecule has 0 aliphatic heterocycles. The molecule has 17 heavy (non-hydrogen) atoms. The van der Waals surface area contributed by atoms with Crippen LogP contribution >= 0.6 is 0 Å². The molecule has 94 valence electrons. The van der Waals surface area contributed by atoms with Crippen molar-refractivity contribution in [3.8, 4) is 5.75 Å². The number of nitrogens with zero attached hydrogens (tertiary/aromatic N) is 1. The van der Waals surface area contributed by atoms with E-state index in [-0.39, 0.29) is 0 Å². The molecule has 0 radical (unpaired) electrons. The summed E-state index contributed by atoms with van der Waals surface area (Å²) < 4.78 is 0. The fraction of sp³-hybridized carbons (Fsp3) is 0.571. The number of nitrogens with one attached hydrogen (secondary N) is 1. The van der Waals surface area contributed by atoms with Crippen molar-refractivity contribution in [3.05, 3.63) is 29.8 Å². The Morgan fingerprint density at radius 1 is 1.35 bits per heavy atom. The van der Waals surface area contributed by atoms with Crippen LogP contribution in [0.5, 0.6) is 5.75 Å². The standard InChI is InChI=1S/C14H22N2O/c1-16(2)14(7-4-8-14)11-15-10-12-5-3-6-13(17)9-12/h3,5-6,9,15,17H,4,7-8,10-11H2,1-2H3. The van der Waals surface area contributed by atoms with Gasteiger partial charge in [0.1, 0.15) is 5.75 Å². The molecule has 0 bridgehead atoms. The maximum Gasteiger partial charge on any atom is 0.115 e. The molecule has 1 aromatic carbocycles. The van der Waals surface area contributed by atoms with Crippen LogP contribution in [0.25, 0.3) is 0 Å². The van der Waals surface area contributed by atoms with Crippen molar-refractivity contribution < 1.29 is 5.11 Å². The van der Waals surface area contributed by atoms with Crippen molar-refractivity contribution >= 4 is 0 Å². The number of phenolic OH excluding ortho intramolecular Hbond substituents is 1. The Morgan fingerprint density at radius 3 is 2.65 bits per heavy atom. The van der Waals surface area contributed by atoms with E-state index in [1.807, 2.05) is 18.2 Å². The van der Waals surface area contributed by atoms with Gasteiger partial charge in [0.2, 0.25) is 0 Å². The fourth-order valence-electron chi connectivity index (χ4n) is 2.47. The van der Waals surface area contributed by atoms with E-state index in [9.17, 15) is 5.11 Å². The molecule has 0 heterocycles. The number of benzene rings is 1. The van der Waals surface area contributed by atoms with Crippen molar-refractivity contribution in [1.29, 1.82) is 0 Å². The molecule has 1 saturated carbocycles. The molecular weight excluding hydrogens is 212 g/mol. The van der Waals surface area contributed by atoms with Crippen LogP contribution in [0.4, 0.5) is 0 Å². The molecule has 1 aliphatic rings. The number of hydrogen-bond donors (Lipinski definition) is 2. The Balaban J connectivity index is 1.83. The zero-order valence-electron chi connectivity index (χ0n) is 10.7. The molecule has 3 heteroatoms. The van der Waals surface area contributed by atoms with Crippen LogP contribution in [0.2, 0.25) is 0 Å². The molecular formula is C14H22N2O. The first-order chi connectivity index (χ1) is 8.12. The summed E-state index contributed by atoms with van der Waals surface area (Å²) in [6, 6.07) is 7.44. The highest BCUT2D eigenvalue weighted by molar-refractivity contribution is 5.26. The molecule has 0 amide bonds.